The molecule has 0 bridgehead atoms. The van der Waals surface area contributed by atoms with Gasteiger partial charge in [-0.25, -0.2) is 9.18 Å². The van der Waals surface area contributed by atoms with Crippen LogP contribution in [0.2, 0.25) is 0 Å². The largest absolute Gasteiger partial charge is 0.352 e. The van der Waals surface area contributed by atoms with Crippen LogP contribution in [0, 0.1) is 12.7 Å². The maximum Gasteiger partial charge on any atom is 0.312 e. The Balaban J connectivity index is 1.73. The number of nitrogens with one attached hydrogen (secondary N) is 1. The Bertz CT molecular complexity index is 855. The summed E-state index contributed by atoms with van der Waals surface area (Å²) < 4.78 is 13.5. The third-order valence-electron chi connectivity index (χ3n) is 5.32. The molecule has 3 amide bonds. The van der Waals surface area contributed by atoms with Gasteiger partial charge in [0.2, 0.25) is 5.91 Å². The lowest BCUT2D eigenvalue weighted by molar-refractivity contribution is -0.132. The van der Waals surface area contributed by atoms with Crippen molar-refractivity contribution in [3.63, 3.8) is 0 Å². The van der Waals surface area contributed by atoms with Gasteiger partial charge in [0.1, 0.15) is 5.82 Å². The van der Waals surface area contributed by atoms with E-state index in [2.05, 4.69) is 5.32 Å². The summed E-state index contributed by atoms with van der Waals surface area (Å²) in [5, 5.41) is 2.71. The van der Waals surface area contributed by atoms with Crippen molar-refractivity contribution in [2.45, 2.75) is 44.7 Å². The van der Waals surface area contributed by atoms with E-state index in [4.69, 9.17) is 5.73 Å². The van der Waals surface area contributed by atoms with E-state index >= 15 is 0 Å². The third-order valence-corrected chi connectivity index (χ3v) is 5.32. The van der Waals surface area contributed by atoms with Crippen LogP contribution in [0.1, 0.15) is 42.0 Å². The summed E-state index contributed by atoms with van der Waals surface area (Å²) in [6.07, 6.45) is 2.58. The lowest BCUT2D eigenvalue weighted by atomic mass is 9.97. The SMILES string of the molecule is Cc1ccccc1C(CC(=O)N1CCCC1Cc1cccc(F)c1)NC(N)=O. The molecule has 28 heavy (non-hydrogen) atoms. The molecule has 0 saturated carbocycles. The van der Waals surface area contributed by atoms with Crippen molar-refractivity contribution in [2.75, 3.05) is 6.54 Å². The van der Waals surface area contributed by atoms with Crippen molar-refractivity contribution in [3.05, 3.63) is 71.0 Å². The first-order valence-electron chi connectivity index (χ1n) is 9.59. The topological polar surface area (TPSA) is 75.4 Å². The highest BCUT2D eigenvalue weighted by molar-refractivity contribution is 5.79. The van der Waals surface area contributed by atoms with Crippen LogP contribution in [0.15, 0.2) is 48.5 Å². The molecular formula is C22H26FN3O2. The summed E-state index contributed by atoms with van der Waals surface area (Å²) >= 11 is 0. The smallest absolute Gasteiger partial charge is 0.312 e. The van der Waals surface area contributed by atoms with E-state index in [1.54, 1.807) is 6.07 Å². The molecule has 2 aromatic carbocycles. The Morgan fingerprint density at radius 3 is 2.75 bits per heavy atom. The Kier molecular flexibility index (Phi) is 6.29. The molecule has 1 saturated heterocycles. The first-order valence-corrected chi connectivity index (χ1v) is 9.59. The number of nitrogens with two attached hydrogens (primary N) is 1. The Labute approximate surface area is 164 Å². The zero-order chi connectivity index (χ0) is 20.1. The molecule has 3 N–H and O–H groups in total. The lowest BCUT2D eigenvalue weighted by Gasteiger charge is -2.28. The Morgan fingerprint density at radius 2 is 2.04 bits per heavy atom. The molecule has 0 spiro atoms. The molecule has 1 aliphatic heterocycles. The Hall–Kier alpha value is -2.89. The van der Waals surface area contributed by atoms with E-state index in [-0.39, 0.29) is 24.2 Å². The minimum atomic E-state index is -0.654. The number of rotatable bonds is 6. The van der Waals surface area contributed by atoms with Crippen molar-refractivity contribution in [1.82, 2.24) is 10.2 Å². The van der Waals surface area contributed by atoms with E-state index in [9.17, 15) is 14.0 Å². The average molecular weight is 383 g/mol. The second-order valence-electron chi connectivity index (χ2n) is 7.34. The fourth-order valence-electron chi connectivity index (χ4n) is 3.99. The van der Waals surface area contributed by atoms with E-state index in [0.717, 1.165) is 29.5 Å². The highest BCUT2D eigenvalue weighted by Crippen LogP contribution is 2.26. The monoisotopic (exact) mass is 383 g/mol. The molecule has 2 atom stereocenters. The molecule has 3 rings (SSSR count). The van der Waals surface area contributed by atoms with Crippen LogP contribution >= 0.6 is 0 Å². The number of primary amides is 1. The van der Waals surface area contributed by atoms with Gasteiger partial charge in [0.15, 0.2) is 0 Å². The lowest BCUT2D eigenvalue weighted by Crippen LogP contribution is -2.41. The zero-order valence-corrected chi connectivity index (χ0v) is 16.0. The number of urea groups is 1. The number of nitrogens with zero attached hydrogens (tertiary/aromatic N) is 1. The number of halogens is 1. The second-order valence-corrected chi connectivity index (χ2v) is 7.34. The maximum absolute atomic E-state index is 13.5. The first-order chi connectivity index (χ1) is 13.4. The van der Waals surface area contributed by atoms with Crippen LogP contribution in [-0.4, -0.2) is 29.4 Å². The van der Waals surface area contributed by atoms with Crippen LogP contribution in [-0.2, 0) is 11.2 Å². The maximum atomic E-state index is 13.5. The van der Waals surface area contributed by atoms with Gasteiger partial charge < -0.3 is 16.0 Å². The minimum Gasteiger partial charge on any atom is -0.352 e. The summed E-state index contributed by atoms with van der Waals surface area (Å²) in [7, 11) is 0. The molecule has 0 radical (unpaired) electrons. The molecule has 6 heteroatoms. The number of carbonyl (C=O) groups excluding carboxylic acids is 2. The fourth-order valence-corrected chi connectivity index (χ4v) is 3.99. The minimum absolute atomic E-state index is 0.0269. The van der Waals surface area contributed by atoms with Crippen molar-refractivity contribution >= 4 is 11.9 Å². The van der Waals surface area contributed by atoms with Crippen molar-refractivity contribution < 1.29 is 14.0 Å². The number of hydrogen-bond acceptors (Lipinski definition) is 2. The van der Waals surface area contributed by atoms with Crippen molar-refractivity contribution in [1.29, 1.82) is 0 Å². The highest BCUT2D eigenvalue weighted by atomic mass is 19.1. The molecule has 1 heterocycles. The van der Waals surface area contributed by atoms with Gasteiger partial charge in [-0.15, -0.1) is 0 Å². The summed E-state index contributed by atoms with van der Waals surface area (Å²) in [6.45, 7) is 2.62. The number of aryl methyl sites for hydroxylation is 1. The normalized spacial score (nSPS) is 17.4. The van der Waals surface area contributed by atoms with E-state index in [1.165, 1.54) is 12.1 Å². The Morgan fingerprint density at radius 1 is 1.25 bits per heavy atom. The summed E-state index contributed by atoms with van der Waals surface area (Å²) in [4.78, 5) is 26.4. The van der Waals surface area contributed by atoms with Crippen LogP contribution in [0.5, 0.6) is 0 Å². The second kappa shape index (κ2) is 8.87. The van der Waals surface area contributed by atoms with Gasteiger partial charge in [-0.3, -0.25) is 4.79 Å². The van der Waals surface area contributed by atoms with E-state index < -0.39 is 12.1 Å². The molecule has 0 aromatic heterocycles. The standard InChI is InChI=1S/C22H26FN3O2/c1-15-6-2-3-10-19(15)20(25-22(24)28)14-21(27)26-11-5-9-18(26)13-16-7-4-8-17(23)12-16/h2-4,6-8,10,12,18,20H,5,9,11,13-14H2,1H3,(H3,24,25,28). The van der Waals surface area contributed by atoms with Gasteiger partial charge >= 0.3 is 6.03 Å². The molecule has 148 valence electrons. The van der Waals surface area contributed by atoms with E-state index in [0.29, 0.717) is 13.0 Å². The number of likely N-dealkylation sites (tertiary alicyclic amines) is 1. The van der Waals surface area contributed by atoms with Gasteiger partial charge in [0, 0.05) is 12.6 Å². The van der Waals surface area contributed by atoms with Gasteiger partial charge in [0.25, 0.3) is 0 Å². The summed E-state index contributed by atoms with van der Waals surface area (Å²) in [6, 6.07) is 13.1. The zero-order valence-electron chi connectivity index (χ0n) is 16.0. The van der Waals surface area contributed by atoms with Crippen molar-refractivity contribution in [2.24, 2.45) is 5.73 Å². The number of amides is 3. The fraction of sp³-hybridized carbons (Fsp3) is 0.364. The summed E-state index contributed by atoms with van der Waals surface area (Å²) in [5.74, 6) is -0.292. The molecule has 0 aliphatic carbocycles. The van der Waals surface area contributed by atoms with Crippen molar-refractivity contribution in [3.8, 4) is 0 Å². The number of benzene rings is 2. The third kappa shape index (κ3) is 4.88. The predicted molar refractivity (Wildman–Crippen MR) is 106 cm³/mol. The summed E-state index contributed by atoms with van der Waals surface area (Å²) in [5.41, 5.74) is 8.10. The number of carbonyl (C=O) groups is 2. The average Bonchev–Trinajstić information content (AvgIpc) is 3.09. The highest BCUT2D eigenvalue weighted by Gasteiger charge is 2.31. The molecule has 2 unspecified atom stereocenters. The first kappa shape index (κ1) is 19.9. The van der Waals surface area contributed by atoms with Crippen LogP contribution in [0.3, 0.4) is 0 Å². The van der Waals surface area contributed by atoms with Gasteiger partial charge in [0.05, 0.1) is 12.5 Å². The molecule has 1 aliphatic rings. The molecule has 1 fully saturated rings. The van der Waals surface area contributed by atoms with Crippen LogP contribution < -0.4 is 11.1 Å². The van der Waals surface area contributed by atoms with Gasteiger partial charge in [-0.1, -0.05) is 36.4 Å². The van der Waals surface area contributed by atoms with E-state index in [1.807, 2.05) is 42.2 Å². The molecule has 5 nitrogen and oxygen atoms in total. The van der Waals surface area contributed by atoms with Gasteiger partial charge in [-0.05, 0) is 55.0 Å². The van der Waals surface area contributed by atoms with Crippen LogP contribution in [0.25, 0.3) is 0 Å². The molecule has 2 aromatic rings. The molecular weight excluding hydrogens is 357 g/mol. The quantitative estimate of drug-likeness (QED) is 0.801. The van der Waals surface area contributed by atoms with Gasteiger partial charge in [-0.2, -0.15) is 0 Å². The predicted octanol–water partition coefficient (Wildman–Crippen LogP) is 3.47. The van der Waals surface area contributed by atoms with Crippen LogP contribution in [0.4, 0.5) is 9.18 Å². The number of hydrogen-bond donors (Lipinski definition) is 2.